The quantitative estimate of drug-likeness (QED) is 0.914. The van der Waals surface area contributed by atoms with E-state index in [2.05, 4.69) is 50.0 Å². The number of anilines is 1. The molecule has 0 amide bonds. The van der Waals surface area contributed by atoms with Crippen molar-refractivity contribution in [1.82, 2.24) is 4.98 Å². The van der Waals surface area contributed by atoms with Gasteiger partial charge >= 0.3 is 0 Å². The Bertz CT molecular complexity index is 547. The second-order valence-electron chi connectivity index (χ2n) is 6.00. The van der Waals surface area contributed by atoms with E-state index in [1.807, 2.05) is 6.92 Å². The number of aryl methyl sites for hydroxylation is 3. The number of oxazole rings is 1. The molecule has 0 bridgehead atoms. The summed E-state index contributed by atoms with van der Waals surface area (Å²) in [7, 11) is 0. The lowest BCUT2D eigenvalue weighted by molar-refractivity contribution is 0.544. The standard InChI is InChI=1S/C16H22N2O/c1-11-14(18-15(17)19-11)10-7-12-5-8-13(9-6-12)16(2,3)4/h5-6,8-9H,7,10H2,1-4H3,(H2,17,18). The Morgan fingerprint density at radius 3 is 2.21 bits per heavy atom. The molecule has 2 N–H and O–H groups in total. The van der Waals surface area contributed by atoms with Gasteiger partial charge in [-0.3, -0.25) is 0 Å². The Kier molecular flexibility index (Phi) is 3.65. The summed E-state index contributed by atoms with van der Waals surface area (Å²) in [5.41, 5.74) is 9.37. The van der Waals surface area contributed by atoms with Gasteiger partial charge in [-0.15, -0.1) is 0 Å². The molecule has 2 aromatic rings. The highest BCUT2D eigenvalue weighted by atomic mass is 16.4. The van der Waals surface area contributed by atoms with Crippen LogP contribution in [-0.2, 0) is 18.3 Å². The zero-order valence-corrected chi connectivity index (χ0v) is 12.2. The van der Waals surface area contributed by atoms with Crippen molar-refractivity contribution in [2.24, 2.45) is 0 Å². The molecular formula is C16H22N2O. The Morgan fingerprint density at radius 2 is 1.74 bits per heavy atom. The van der Waals surface area contributed by atoms with Crippen molar-refractivity contribution in [3.05, 3.63) is 46.8 Å². The van der Waals surface area contributed by atoms with Crippen LogP contribution in [0.4, 0.5) is 6.01 Å². The van der Waals surface area contributed by atoms with Crippen LogP contribution < -0.4 is 5.73 Å². The Hall–Kier alpha value is -1.77. The molecular weight excluding hydrogens is 236 g/mol. The van der Waals surface area contributed by atoms with Gasteiger partial charge in [0.05, 0.1) is 5.69 Å². The molecule has 102 valence electrons. The maximum Gasteiger partial charge on any atom is 0.292 e. The lowest BCUT2D eigenvalue weighted by atomic mass is 9.86. The van der Waals surface area contributed by atoms with Crippen molar-refractivity contribution in [3.8, 4) is 0 Å². The maximum absolute atomic E-state index is 5.54. The molecule has 0 aliphatic rings. The molecule has 0 unspecified atom stereocenters. The lowest BCUT2D eigenvalue weighted by Crippen LogP contribution is -2.10. The molecule has 3 nitrogen and oxygen atoms in total. The number of hydrogen-bond donors (Lipinski definition) is 1. The fourth-order valence-corrected chi connectivity index (χ4v) is 2.12. The van der Waals surface area contributed by atoms with Crippen LogP contribution in [0.2, 0.25) is 0 Å². The SMILES string of the molecule is Cc1oc(N)nc1CCc1ccc(C(C)(C)C)cc1. The fourth-order valence-electron chi connectivity index (χ4n) is 2.12. The van der Waals surface area contributed by atoms with E-state index in [1.54, 1.807) is 0 Å². The van der Waals surface area contributed by atoms with Crippen LogP contribution in [0.1, 0.15) is 43.4 Å². The smallest absolute Gasteiger partial charge is 0.292 e. The van der Waals surface area contributed by atoms with Crippen molar-refractivity contribution in [3.63, 3.8) is 0 Å². The summed E-state index contributed by atoms with van der Waals surface area (Å²) in [4.78, 5) is 4.19. The van der Waals surface area contributed by atoms with Crippen molar-refractivity contribution < 1.29 is 4.42 Å². The third kappa shape index (κ3) is 3.37. The van der Waals surface area contributed by atoms with Gasteiger partial charge in [-0.25, -0.2) is 0 Å². The summed E-state index contributed by atoms with van der Waals surface area (Å²) in [5, 5.41) is 0. The predicted molar refractivity (Wildman–Crippen MR) is 78.2 cm³/mol. The van der Waals surface area contributed by atoms with E-state index in [9.17, 15) is 0 Å². The Balaban J connectivity index is 2.02. The number of nitrogens with zero attached hydrogens (tertiary/aromatic N) is 1. The molecule has 1 aromatic carbocycles. The van der Waals surface area contributed by atoms with Crippen molar-refractivity contribution in [2.75, 3.05) is 5.73 Å². The van der Waals surface area contributed by atoms with Gasteiger partial charge in [-0.05, 0) is 36.3 Å². The molecule has 0 saturated heterocycles. The summed E-state index contributed by atoms with van der Waals surface area (Å²) in [6.07, 6.45) is 1.82. The first-order valence-electron chi connectivity index (χ1n) is 6.67. The summed E-state index contributed by atoms with van der Waals surface area (Å²) in [6.45, 7) is 8.58. The minimum Gasteiger partial charge on any atom is -0.429 e. The first-order valence-corrected chi connectivity index (χ1v) is 6.67. The summed E-state index contributed by atoms with van der Waals surface area (Å²) in [6, 6.07) is 9.06. The van der Waals surface area contributed by atoms with Gasteiger partial charge in [-0.2, -0.15) is 4.98 Å². The summed E-state index contributed by atoms with van der Waals surface area (Å²) in [5.74, 6) is 0.823. The summed E-state index contributed by atoms with van der Waals surface area (Å²) >= 11 is 0. The van der Waals surface area contributed by atoms with E-state index in [0.29, 0.717) is 0 Å². The highest BCUT2D eigenvalue weighted by molar-refractivity contribution is 5.28. The minimum absolute atomic E-state index is 0.204. The van der Waals surface area contributed by atoms with Crippen molar-refractivity contribution in [2.45, 2.75) is 46.0 Å². The maximum atomic E-state index is 5.54. The molecule has 0 aliphatic heterocycles. The van der Waals surface area contributed by atoms with Gasteiger partial charge in [0, 0.05) is 0 Å². The Labute approximate surface area is 114 Å². The van der Waals surface area contributed by atoms with E-state index < -0.39 is 0 Å². The van der Waals surface area contributed by atoms with E-state index in [1.165, 1.54) is 11.1 Å². The number of benzene rings is 1. The highest BCUT2D eigenvalue weighted by Crippen LogP contribution is 2.22. The third-order valence-electron chi connectivity index (χ3n) is 3.38. The van der Waals surface area contributed by atoms with Gasteiger partial charge in [0.2, 0.25) is 0 Å². The third-order valence-corrected chi connectivity index (χ3v) is 3.38. The Morgan fingerprint density at radius 1 is 1.11 bits per heavy atom. The molecule has 0 radical (unpaired) electrons. The molecule has 19 heavy (non-hydrogen) atoms. The highest BCUT2D eigenvalue weighted by Gasteiger charge is 2.13. The number of rotatable bonds is 3. The molecule has 3 heteroatoms. The van der Waals surface area contributed by atoms with Gasteiger partial charge in [-0.1, -0.05) is 45.0 Å². The minimum atomic E-state index is 0.204. The van der Waals surface area contributed by atoms with Crippen LogP contribution in [-0.4, -0.2) is 4.98 Å². The predicted octanol–water partition coefficient (Wildman–Crippen LogP) is 3.65. The number of nitrogens with two attached hydrogens (primary N) is 1. The molecule has 0 fully saturated rings. The van der Waals surface area contributed by atoms with Crippen LogP contribution in [0.3, 0.4) is 0 Å². The van der Waals surface area contributed by atoms with Gasteiger partial charge in [0.1, 0.15) is 5.76 Å². The number of hydrogen-bond acceptors (Lipinski definition) is 3. The molecule has 1 aromatic heterocycles. The van der Waals surface area contributed by atoms with E-state index in [-0.39, 0.29) is 11.4 Å². The zero-order valence-electron chi connectivity index (χ0n) is 12.2. The molecule has 0 saturated carbocycles. The number of aromatic nitrogens is 1. The normalized spacial score (nSPS) is 11.8. The van der Waals surface area contributed by atoms with E-state index in [0.717, 1.165) is 24.3 Å². The van der Waals surface area contributed by atoms with Crippen molar-refractivity contribution in [1.29, 1.82) is 0 Å². The second kappa shape index (κ2) is 5.08. The zero-order chi connectivity index (χ0) is 14.0. The van der Waals surface area contributed by atoms with Crippen LogP contribution in [0, 0.1) is 6.92 Å². The molecule has 0 spiro atoms. The molecule has 0 atom stereocenters. The van der Waals surface area contributed by atoms with Crippen molar-refractivity contribution >= 4 is 6.01 Å². The van der Waals surface area contributed by atoms with Crippen LogP contribution in [0.15, 0.2) is 28.7 Å². The average molecular weight is 258 g/mol. The number of nitrogen functional groups attached to an aromatic ring is 1. The first kappa shape index (κ1) is 13.7. The summed E-state index contributed by atoms with van der Waals surface area (Å²) < 4.78 is 5.23. The average Bonchev–Trinajstić information content (AvgIpc) is 2.65. The van der Waals surface area contributed by atoms with E-state index >= 15 is 0 Å². The monoisotopic (exact) mass is 258 g/mol. The second-order valence-corrected chi connectivity index (χ2v) is 6.00. The van der Waals surface area contributed by atoms with Gasteiger partial charge < -0.3 is 10.2 Å². The van der Waals surface area contributed by atoms with E-state index in [4.69, 9.17) is 10.2 Å². The van der Waals surface area contributed by atoms with Gasteiger partial charge in [0.15, 0.2) is 0 Å². The molecule has 1 heterocycles. The fraction of sp³-hybridized carbons (Fsp3) is 0.438. The first-order chi connectivity index (χ1) is 8.86. The van der Waals surface area contributed by atoms with Crippen LogP contribution >= 0.6 is 0 Å². The topological polar surface area (TPSA) is 52.0 Å². The largest absolute Gasteiger partial charge is 0.429 e. The molecule has 0 aliphatic carbocycles. The van der Waals surface area contributed by atoms with Crippen LogP contribution in [0.25, 0.3) is 0 Å². The van der Waals surface area contributed by atoms with Crippen LogP contribution in [0.5, 0.6) is 0 Å². The lowest BCUT2D eigenvalue weighted by Gasteiger charge is -2.19. The van der Waals surface area contributed by atoms with Gasteiger partial charge in [0.25, 0.3) is 6.01 Å². The molecule has 2 rings (SSSR count).